The maximum atomic E-state index is 13.6. The van der Waals surface area contributed by atoms with Crippen LogP contribution in [0.1, 0.15) is 51.3 Å². The van der Waals surface area contributed by atoms with Crippen LogP contribution in [0, 0.1) is 6.92 Å². The molecule has 1 saturated carbocycles. The molecule has 1 aliphatic carbocycles. The fraction of sp³-hybridized carbons (Fsp3) is 0.455. The van der Waals surface area contributed by atoms with Gasteiger partial charge >= 0.3 is 0 Å². The predicted molar refractivity (Wildman–Crippen MR) is 115 cm³/mol. The molecule has 0 amide bonds. The number of aromatic nitrogens is 4. The van der Waals surface area contributed by atoms with Crippen molar-refractivity contribution in [1.29, 1.82) is 0 Å². The summed E-state index contributed by atoms with van der Waals surface area (Å²) in [4.78, 5) is 26.6. The Morgan fingerprint density at radius 1 is 1.20 bits per heavy atom. The van der Waals surface area contributed by atoms with Crippen LogP contribution in [0.5, 0.6) is 5.88 Å². The number of nitrogen functional groups attached to an aromatic ring is 1. The first-order valence-corrected chi connectivity index (χ1v) is 10.3. The summed E-state index contributed by atoms with van der Waals surface area (Å²) in [6.45, 7) is 5.74. The second-order valence-electron chi connectivity index (χ2n) is 8.15. The number of ether oxygens (including phenoxy) is 1. The normalized spacial score (nSPS) is 19.4. The molecule has 8 nitrogen and oxygen atoms in total. The van der Waals surface area contributed by atoms with Crippen LogP contribution in [0.15, 0.2) is 29.2 Å². The molecular formula is C22H27N5O3. The smallest absolute Gasteiger partial charge is 0.260 e. The number of hydrogen-bond acceptors (Lipinski definition) is 7. The van der Waals surface area contributed by atoms with E-state index in [1.54, 1.807) is 16.8 Å². The van der Waals surface area contributed by atoms with Gasteiger partial charge in [-0.25, -0.2) is 9.97 Å². The number of aryl methyl sites for hydroxylation is 1. The lowest BCUT2D eigenvalue weighted by Crippen LogP contribution is -2.31. The molecule has 1 fully saturated rings. The van der Waals surface area contributed by atoms with E-state index in [9.17, 15) is 9.90 Å². The molecule has 3 N–H and O–H groups in total. The summed E-state index contributed by atoms with van der Waals surface area (Å²) in [5, 5.41) is 10.7. The molecule has 0 aliphatic heterocycles. The summed E-state index contributed by atoms with van der Waals surface area (Å²) < 4.78 is 7.35. The third kappa shape index (κ3) is 3.87. The van der Waals surface area contributed by atoms with Crippen molar-refractivity contribution in [2.24, 2.45) is 0 Å². The maximum absolute atomic E-state index is 13.6. The van der Waals surface area contributed by atoms with Crippen LogP contribution in [0.4, 0.5) is 5.95 Å². The lowest BCUT2D eigenvalue weighted by Gasteiger charge is -2.28. The lowest BCUT2D eigenvalue weighted by molar-refractivity contribution is 0.111. The largest absolute Gasteiger partial charge is 0.475 e. The molecule has 3 heterocycles. The van der Waals surface area contributed by atoms with Gasteiger partial charge in [-0.05, 0) is 58.6 Å². The van der Waals surface area contributed by atoms with Crippen LogP contribution in [0.3, 0.4) is 0 Å². The van der Waals surface area contributed by atoms with Gasteiger partial charge in [-0.1, -0.05) is 0 Å². The zero-order valence-electron chi connectivity index (χ0n) is 17.5. The molecule has 0 saturated heterocycles. The molecule has 1 aliphatic rings. The van der Waals surface area contributed by atoms with Crippen LogP contribution < -0.4 is 16.0 Å². The van der Waals surface area contributed by atoms with Crippen molar-refractivity contribution in [3.8, 4) is 17.0 Å². The molecule has 0 bridgehead atoms. The minimum atomic E-state index is -0.314. The van der Waals surface area contributed by atoms with Crippen LogP contribution in [-0.4, -0.2) is 36.8 Å². The topological polar surface area (TPSA) is 116 Å². The average molecular weight is 409 g/mol. The molecule has 158 valence electrons. The van der Waals surface area contributed by atoms with Crippen LogP contribution >= 0.6 is 0 Å². The Kier molecular flexibility index (Phi) is 5.42. The quantitative estimate of drug-likeness (QED) is 0.680. The Bertz CT molecular complexity index is 1120. The maximum Gasteiger partial charge on any atom is 0.260 e. The van der Waals surface area contributed by atoms with Gasteiger partial charge in [0.15, 0.2) is 0 Å². The number of rotatable bonds is 4. The average Bonchev–Trinajstić information content (AvgIpc) is 2.69. The van der Waals surface area contributed by atoms with Gasteiger partial charge in [0.1, 0.15) is 5.65 Å². The Hall–Kier alpha value is -3.00. The van der Waals surface area contributed by atoms with Gasteiger partial charge in [0, 0.05) is 34.8 Å². The van der Waals surface area contributed by atoms with Crippen molar-refractivity contribution in [1.82, 2.24) is 19.5 Å². The third-order valence-electron chi connectivity index (χ3n) is 5.53. The molecule has 0 aromatic carbocycles. The minimum absolute atomic E-state index is 0.0214. The first-order chi connectivity index (χ1) is 14.3. The molecule has 30 heavy (non-hydrogen) atoms. The number of aliphatic hydroxyl groups excluding tert-OH is 1. The summed E-state index contributed by atoms with van der Waals surface area (Å²) in [5.74, 6) is 0.664. The number of aliphatic hydroxyl groups is 1. The first-order valence-electron chi connectivity index (χ1n) is 10.3. The van der Waals surface area contributed by atoms with E-state index in [1.807, 2.05) is 32.9 Å². The van der Waals surface area contributed by atoms with Gasteiger partial charge in [0.05, 0.1) is 17.9 Å². The molecule has 0 radical (unpaired) electrons. The molecule has 0 unspecified atom stereocenters. The van der Waals surface area contributed by atoms with Crippen molar-refractivity contribution in [2.45, 2.75) is 64.7 Å². The van der Waals surface area contributed by atoms with Crippen LogP contribution in [-0.2, 0) is 0 Å². The molecule has 0 atom stereocenters. The minimum Gasteiger partial charge on any atom is -0.475 e. The SMILES string of the molecule is Cc1nc(N)nc2c1cc(-c1ccc(OC(C)C)nc1)c(=O)n2C1CCC(O)CC1. The van der Waals surface area contributed by atoms with E-state index < -0.39 is 0 Å². The van der Waals surface area contributed by atoms with Crippen molar-refractivity contribution in [3.05, 3.63) is 40.4 Å². The van der Waals surface area contributed by atoms with Gasteiger partial charge < -0.3 is 15.6 Å². The highest BCUT2D eigenvalue weighted by Crippen LogP contribution is 2.32. The van der Waals surface area contributed by atoms with E-state index in [1.165, 1.54) is 0 Å². The number of nitrogens with two attached hydrogens (primary N) is 1. The number of pyridine rings is 2. The third-order valence-corrected chi connectivity index (χ3v) is 5.53. The summed E-state index contributed by atoms with van der Waals surface area (Å²) in [5.41, 5.74) is 8.27. The fourth-order valence-electron chi connectivity index (χ4n) is 4.09. The van der Waals surface area contributed by atoms with E-state index >= 15 is 0 Å². The highest BCUT2D eigenvalue weighted by Gasteiger charge is 2.25. The summed E-state index contributed by atoms with van der Waals surface area (Å²) in [6, 6.07) is 5.39. The molecule has 8 heteroatoms. The van der Waals surface area contributed by atoms with E-state index in [-0.39, 0.29) is 29.8 Å². The van der Waals surface area contributed by atoms with E-state index in [2.05, 4.69) is 15.0 Å². The van der Waals surface area contributed by atoms with Gasteiger partial charge in [-0.15, -0.1) is 0 Å². The lowest BCUT2D eigenvalue weighted by atomic mass is 9.92. The molecule has 0 spiro atoms. The summed E-state index contributed by atoms with van der Waals surface area (Å²) in [6.07, 6.45) is 4.10. The van der Waals surface area contributed by atoms with Gasteiger partial charge in [0.25, 0.3) is 5.56 Å². The summed E-state index contributed by atoms with van der Waals surface area (Å²) in [7, 11) is 0. The Balaban J connectivity index is 1.89. The van der Waals surface area contributed by atoms with Gasteiger partial charge in [0.2, 0.25) is 11.8 Å². The zero-order valence-corrected chi connectivity index (χ0v) is 17.5. The first kappa shape index (κ1) is 20.3. The molecule has 4 rings (SSSR count). The Morgan fingerprint density at radius 2 is 1.93 bits per heavy atom. The standard InChI is InChI=1S/C22H27N5O3/c1-12(2)30-19-9-4-14(11-24-19)18-10-17-13(3)25-22(23)26-20(17)27(21(18)29)15-5-7-16(28)8-6-15/h4,9-12,15-16,28H,5-8H2,1-3H3,(H2,23,25,26). The monoisotopic (exact) mass is 409 g/mol. The number of nitrogens with zero attached hydrogens (tertiary/aromatic N) is 4. The van der Waals surface area contributed by atoms with Crippen LogP contribution in [0.2, 0.25) is 0 Å². The van der Waals surface area contributed by atoms with Crippen molar-refractivity contribution >= 4 is 17.0 Å². The van der Waals surface area contributed by atoms with Crippen molar-refractivity contribution in [3.63, 3.8) is 0 Å². The summed E-state index contributed by atoms with van der Waals surface area (Å²) >= 11 is 0. The number of hydrogen-bond donors (Lipinski definition) is 2. The molecular weight excluding hydrogens is 382 g/mol. The highest BCUT2D eigenvalue weighted by molar-refractivity contribution is 5.84. The van der Waals surface area contributed by atoms with E-state index in [4.69, 9.17) is 10.5 Å². The molecule has 3 aromatic rings. The van der Waals surface area contributed by atoms with E-state index in [0.29, 0.717) is 48.3 Å². The second-order valence-corrected chi connectivity index (χ2v) is 8.15. The molecule has 3 aromatic heterocycles. The highest BCUT2D eigenvalue weighted by atomic mass is 16.5. The van der Waals surface area contributed by atoms with Gasteiger partial charge in [-0.3, -0.25) is 9.36 Å². The van der Waals surface area contributed by atoms with Gasteiger partial charge in [-0.2, -0.15) is 4.98 Å². The van der Waals surface area contributed by atoms with Crippen molar-refractivity contribution < 1.29 is 9.84 Å². The van der Waals surface area contributed by atoms with Crippen molar-refractivity contribution in [2.75, 3.05) is 5.73 Å². The second kappa shape index (κ2) is 8.02. The predicted octanol–water partition coefficient (Wildman–Crippen LogP) is 3.01. The Morgan fingerprint density at radius 3 is 2.57 bits per heavy atom. The number of anilines is 1. The van der Waals surface area contributed by atoms with Crippen LogP contribution in [0.25, 0.3) is 22.2 Å². The zero-order chi connectivity index (χ0) is 21.4. The Labute approximate surface area is 174 Å². The number of fused-ring (bicyclic) bond motifs is 1. The van der Waals surface area contributed by atoms with E-state index in [0.717, 1.165) is 11.1 Å². The fourth-order valence-corrected chi connectivity index (χ4v) is 4.09.